The summed E-state index contributed by atoms with van der Waals surface area (Å²) in [5.41, 5.74) is 15.7. The number of aryl methyl sites for hydroxylation is 1. The van der Waals surface area contributed by atoms with E-state index in [0.717, 1.165) is 106 Å². The Bertz CT molecular complexity index is 4140. The van der Waals surface area contributed by atoms with Gasteiger partial charge < -0.3 is 13.3 Å². The zero-order valence-electron chi connectivity index (χ0n) is 40.9. The van der Waals surface area contributed by atoms with Crippen LogP contribution in [0.5, 0.6) is 0 Å². The average Bonchev–Trinajstić information content (AvgIpc) is 4.14. The van der Waals surface area contributed by atoms with Crippen LogP contribution in [0.2, 0.25) is 0 Å². The van der Waals surface area contributed by atoms with Crippen LogP contribution in [0, 0.1) is 17.8 Å². The highest BCUT2D eigenvalue weighted by molar-refractivity contribution is 6.16. The summed E-state index contributed by atoms with van der Waals surface area (Å²) < 4.78 is 19.5. The topological polar surface area (TPSA) is 78.1 Å². The second-order valence-corrected chi connectivity index (χ2v) is 20.5. The van der Waals surface area contributed by atoms with Gasteiger partial charge in [-0.25, -0.2) is 15.0 Å². The van der Waals surface area contributed by atoms with Gasteiger partial charge in [-0.1, -0.05) is 159 Å². The maximum Gasteiger partial charge on any atom is 0.164 e. The van der Waals surface area contributed by atoms with E-state index in [1.54, 1.807) is 5.57 Å². The van der Waals surface area contributed by atoms with Crippen LogP contribution >= 0.6 is 0 Å². The second kappa shape index (κ2) is 18.0. The molecule has 14 rings (SSSR count). The van der Waals surface area contributed by atoms with E-state index in [9.17, 15) is 0 Å². The van der Waals surface area contributed by atoms with E-state index in [0.29, 0.717) is 35.2 Å². The van der Waals surface area contributed by atoms with Crippen LogP contribution in [0.1, 0.15) is 63.0 Å². The quantitative estimate of drug-likeness (QED) is 0.143. The first kappa shape index (κ1) is 43.4. The van der Waals surface area contributed by atoms with Crippen molar-refractivity contribution >= 4 is 71.4 Å². The van der Waals surface area contributed by atoms with Gasteiger partial charge in [-0.05, 0) is 138 Å². The first-order chi connectivity index (χ1) is 36.1. The summed E-state index contributed by atoms with van der Waals surface area (Å²) in [7, 11) is 0. The number of hydrogen-bond donors (Lipinski definition) is 0. The van der Waals surface area contributed by atoms with Crippen molar-refractivity contribution in [1.82, 2.24) is 15.0 Å². The molecular formula is C67H53N3O3. The first-order valence-corrected chi connectivity index (χ1v) is 26.2. The monoisotopic (exact) mass is 947 g/mol. The predicted molar refractivity (Wildman–Crippen MR) is 298 cm³/mol. The molecule has 0 radical (unpaired) electrons. The molecule has 0 saturated heterocycles. The van der Waals surface area contributed by atoms with Crippen LogP contribution in [-0.2, 0) is 6.42 Å². The minimum absolute atomic E-state index is 0.567. The molecule has 73 heavy (non-hydrogen) atoms. The fourth-order valence-electron chi connectivity index (χ4n) is 12.3. The number of furan rings is 3. The molecule has 6 heteroatoms. The normalized spacial score (nSPS) is 17.3. The van der Waals surface area contributed by atoms with Gasteiger partial charge in [0.25, 0.3) is 0 Å². The summed E-state index contributed by atoms with van der Waals surface area (Å²) in [6.07, 6.45) is 15.0. The summed E-state index contributed by atoms with van der Waals surface area (Å²) in [5.74, 6) is 3.63. The van der Waals surface area contributed by atoms with E-state index < -0.39 is 0 Å². The highest BCUT2D eigenvalue weighted by atomic mass is 16.3. The average molecular weight is 948 g/mol. The maximum absolute atomic E-state index is 6.65. The third-order valence-corrected chi connectivity index (χ3v) is 16.0. The third kappa shape index (κ3) is 7.84. The molecule has 3 atom stereocenters. The Morgan fingerprint density at radius 2 is 1.03 bits per heavy atom. The van der Waals surface area contributed by atoms with Gasteiger partial charge in [-0.3, -0.25) is 0 Å². The Labute approximate surface area is 423 Å². The van der Waals surface area contributed by atoms with E-state index >= 15 is 0 Å². The van der Waals surface area contributed by atoms with Crippen molar-refractivity contribution in [3.05, 3.63) is 205 Å². The summed E-state index contributed by atoms with van der Waals surface area (Å²) in [6.45, 7) is 2.50. The molecule has 4 aromatic heterocycles. The second-order valence-electron chi connectivity index (χ2n) is 20.5. The molecule has 0 amide bonds. The Kier molecular flexibility index (Phi) is 10.7. The number of hydrogen-bond acceptors (Lipinski definition) is 6. The van der Waals surface area contributed by atoms with Crippen molar-refractivity contribution in [3.63, 3.8) is 0 Å². The van der Waals surface area contributed by atoms with Crippen LogP contribution in [0.4, 0.5) is 0 Å². The number of allylic oxidation sites excluding steroid dienone is 4. The van der Waals surface area contributed by atoms with Crippen molar-refractivity contribution in [2.45, 2.75) is 58.3 Å². The predicted octanol–water partition coefficient (Wildman–Crippen LogP) is 18.4. The number of benzene rings is 8. The van der Waals surface area contributed by atoms with Gasteiger partial charge in [-0.2, -0.15) is 0 Å². The van der Waals surface area contributed by atoms with Crippen molar-refractivity contribution in [1.29, 1.82) is 0 Å². The maximum atomic E-state index is 6.65. The Balaban J connectivity index is 0.852. The molecule has 354 valence electrons. The van der Waals surface area contributed by atoms with Crippen molar-refractivity contribution < 1.29 is 13.3 Å². The van der Waals surface area contributed by atoms with Crippen LogP contribution < -0.4 is 0 Å². The van der Waals surface area contributed by atoms with Crippen LogP contribution in [0.15, 0.2) is 207 Å². The van der Waals surface area contributed by atoms with Gasteiger partial charge in [0, 0.05) is 49.0 Å². The van der Waals surface area contributed by atoms with E-state index in [2.05, 4.69) is 122 Å². The molecule has 0 N–H and O–H groups in total. The number of nitrogens with zero attached hydrogens (tertiary/aromatic N) is 3. The standard InChI is InChI=1S/C67H53N3O3/c1-41-15-8-9-19-43(22-12-18-42-16-4-2-5-17-42)49-33-29-45(37-53(41)49)46-30-34-59-55(38-46)63-50(24-13-27-61(63)72-59)47-31-35-60-56(39-47)64-52(25-14-28-62(64)73-60)67-69-65(44-20-6-3-7-21-44)68-66(70-67)48-32-36-58-54(40-48)51-23-10-11-26-57(51)71-58/h2-7,10-11,13-14,16-17,20-21,23-36,38-41,43,53H,8-9,12,15,18-19,22,37H2,1H3. The largest absolute Gasteiger partial charge is 0.456 e. The third-order valence-electron chi connectivity index (χ3n) is 16.0. The summed E-state index contributed by atoms with van der Waals surface area (Å²) >= 11 is 0. The molecule has 2 aliphatic carbocycles. The number of fused-ring (bicyclic) bond motifs is 10. The zero-order valence-corrected chi connectivity index (χ0v) is 40.9. The lowest BCUT2D eigenvalue weighted by molar-refractivity contribution is 0.299. The van der Waals surface area contributed by atoms with Gasteiger partial charge in [-0.15, -0.1) is 0 Å². The Hall–Kier alpha value is -8.35. The minimum atomic E-state index is 0.567. The van der Waals surface area contributed by atoms with E-state index in [1.807, 2.05) is 72.8 Å². The SMILES string of the molecule is CC1CCCCC(CCCc2ccccc2)C2=CC=C(c3ccc4oc5cccc(-c6ccc7oc8cccc(-c9nc(-c%10ccccc%10)nc(-c%10ccc%11oc%12ccccc%12c%11c%10)n9)c8c7c6)c5c4c3)CC21. The number of aromatic nitrogens is 3. The molecule has 12 aromatic rings. The molecule has 0 spiro atoms. The summed E-state index contributed by atoms with van der Waals surface area (Å²) in [4.78, 5) is 15.5. The van der Waals surface area contributed by atoms with Crippen molar-refractivity contribution in [3.8, 4) is 45.3 Å². The van der Waals surface area contributed by atoms with Gasteiger partial charge in [0.05, 0.1) is 0 Å². The van der Waals surface area contributed by atoms with Gasteiger partial charge in [0.2, 0.25) is 0 Å². The Morgan fingerprint density at radius 1 is 0.452 bits per heavy atom. The molecule has 1 fully saturated rings. The van der Waals surface area contributed by atoms with Crippen molar-refractivity contribution in [2.24, 2.45) is 17.8 Å². The smallest absolute Gasteiger partial charge is 0.164 e. The van der Waals surface area contributed by atoms with Crippen LogP contribution in [0.3, 0.4) is 0 Å². The lowest BCUT2D eigenvalue weighted by Crippen LogP contribution is -2.24. The molecule has 3 unspecified atom stereocenters. The highest BCUT2D eigenvalue weighted by Gasteiger charge is 2.32. The summed E-state index contributed by atoms with van der Waals surface area (Å²) in [5, 5.41) is 6.27. The first-order valence-electron chi connectivity index (χ1n) is 26.2. The van der Waals surface area contributed by atoms with Gasteiger partial charge in [0.1, 0.15) is 33.5 Å². The highest BCUT2D eigenvalue weighted by Crippen LogP contribution is 2.47. The molecule has 6 nitrogen and oxygen atoms in total. The van der Waals surface area contributed by atoms with Crippen LogP contribution in [-0.4, -0.2) is 15.0 Å². The fourth-order valence-corrected chi connectivity index (χ4v) is 12.3. The van der Waals surface area contributed by atoms with Crippen LogP contribution in [0.25, 0.3) is 117 Å². The number of rotatable bonds is 9. The van der Waals surface area contributed by atoms with Gasteiger partial charge in [0.15, 0.2) is 17.5 Å². The molecule has 4 heterocycles. The van der Waals surface area contributed by atoms with E-state index in [1.165, 1.54) is 55.2 Å². The molecule has 1 saturated carbocycles. The number of para-hydroxylation sites is 1. The van der Waals surface area contributed by atoms with E-state index in [-0.39, 0.29) is 0 Å². The lowest BCUT2D eigenvalue weighted by Gasteiger charge is -2.37. The molecular weight excluding hydrogens is 895 g/mol. The van der Waals surface area contributed by atoms with Gasteiger partial charge >= 0.3 is 0 Å². The van der Waals surface area contributed by atoms with Crippen molar-refractivity contribution in [2.75, 3.05) is 0 Å². The van der Waals surface area contributed by atoms with E-state index in [4.69, 9.17) is 28.2 Å². The molecule has 8 aromatic carbocycles. The zero-order chi connectivity index (χ0) is 48.4. The molecule has 0 aliphatic heterocycles. The molecule has 0 bridgehead atoms. The Morgan fingerprint density at radius 3 is 1.82 bits per heavy atom. The molecule has 2 aliphatic rings. The lowest BCUT2D eigenvalue weighted by atomic mass is 9.68. The fraction of sp³-hybridized carbons (Fsp3) is 0.179. The summed E-state index contributed by atoms with van der Waals surface area (Å²) in [6, 6.07) is 61.4. The minimum Gasteiger partial charge on any atom is -0.456 e.